The fraction of sp³-hybridized carbons (Fsp3) is 0.130. The Bertz CT molecular complexity index is 1160. The van der Waals surface area contributed by atoms with E-state index >= 15 is 0 Å². The first-order valence-corrected chi connectivity index (χ1v) is 9.04. The Kier molecular flexibility index (Phi) is 4.57. The normalized spacial score (nSPS) is 10.9. The van der Waals surface area contributed by atoms with E-state index in [9.17, 15) is 9.90 Å². The van der Waals surface area contributed by atoms with Crippen molar-refractivity contribution in [2.45, 2.75) is 20.4 Å². The summed E-state index contributed by atoms with van der Waals surface area (Å²) in [5.41, 5.74) is 4.68. The van der Waals surface area contributed by atoms with Crippen LogP contribution >= 0.6 is 0 Å². The summed E-state index contributed by atoms with van der Waals surface area (Å²) in [6, 6.07) is 21.2. The van der Waals surface area contributed by atoms with E-state index in [1.807, 2.05) is 67.6 Å². The number of para-hydroxylation sites is 2. The molecule has 1 aromatic heterocycles. The van der Waals surface area contributed by atoms with Crippen molar-refractivity contribution in [2.75, 3.05) is 0 Å². The molecule has 0 bridgehead atoms. The van der Waals surface area contributed by atoms with E-state index in [-0.39, 0.29) is 6.54 Å². The second-order valence-corrected chi connectivity index (χ2v) is 6.80. The first-order valence-electron chi connectivity index (χ1n) is 9.04. The molecule has 4 rings (SSSR count). The lowest BCUT2D eigenvalue weighted by Crippen LogP contribution is -2.09. The van der Waals surface area contributed by atoms with Crippen molar-refractivity contribution in [1.29, 1.82) is 0 Å². The Morgan fingerprint density at radius 2 is 1.79 bits per heavy atom. The third-order valence-corrected chi connectivity index (χ3v) is 4.62. The number of aromatic nitrogens is 2. The monoisotopic (exact) mass is 372 g/mol. The minimum absolute atomic E-state index is 0.142. The highest BCUT2D eigenvalue weighted by atomic mass is 16.5. The van der Waals surface area contributed by atoms with Crippen LogP contribution in [0.4, 0.5) is 0 Å². The number of ether oxygens (including phenoxy) is 1. The molecule has 5 nitrogen and oxygen atoms in total. The minimum Gasteiger partial charge on any atom is -0.480 e. The van der Waals surface area contributed by atoms with Gasteiger partial charge in [-0.1, -0.05) is 29.8 Å². The summed E-state index contributed by atoms with van der Waals surface area (Å²) in [5, 5.41) is 9.30. The van der Waals surface area contributed by atoms with Gasteiger partial charge in [0.1, 0.15) is 23.9 Å². The maximum atomic E-state index is 11.3. The van der Waals surface area contributed by atoms with Gasteiger partial charge >= 0.3 is 5.97 Å². The summed E-state index contributed by atoms with van der Waals surface area (Å²) >= 11 is 0. The second kappa shape index (κ2) is 7.19. The Hall–Kier alpha value is -3.60. The molecule has 1 heterocycles. The molecule has 140 valence electrons. The number of benzene rings is 3. The van der Waals surface area contributed by atoms with Gasteiger partial charge in [-0.05, 0) is 61.9 Å². The standard InChI is InChI=1S/C23H20N2O3/c1-15-7-12-21(16(2)13-15)28-18-10-8-17(9-11-18)23-24-19-5-3-4-6-20(19)25(23)14-22(26)27/h3-13H,14H2,1-2H3,(H,26,27). The van der Waals surface area contributed by atoms with Crippen LogP contribution in [0.15, 0.2) is 66.7 Å². The Balaban J connectivity index is 1.68. The molecule has 28 heavy (non-hydrogen) atoms. The maximum absolute atomic E-state index is 11.3. The third-order valence-electron chi connectivity index (χ3n) is 4.62. The van der Waals surface area contributed by atoms with E-state index in [0.29, 0.717) is 5.82 Å². The molecule has 0 saturated carbocycles. The van der Waals surface area contributed by atoms with Gasteiger partial charge in [0, 0.05) is 5.56 Å². The molecule has 4 aromatic rings. The lowest BCUT2D eigenvalue weighted by molar-refractivity contribution is -0.137. The number of aryl methyl sites for hydroxylation is 2. The number of aliphatic carboxylic acids is 1. The fourth-order valence-corrected chi connectivity index (χ4v) is 3.30. The first kappa shape index (κ1) is 17.8. The molecule has 1 N–H and O–H groups in total. The molecule has 0 spiro atoms. The van der Waals surface area contributed by atoms with Crippen LogP contribution in [-0.2, 0) is 11.3 Å². The number of hydrogen-bond acceptors (Lipinski definition) is 3. The highest BCUT2D eigenvalue weighted by Crippen LogP contribution is 2.29. The van der Waals surface area contributed by atoms with Crippen molar-refractivity contribution >= 4 is 17.0 Å². The van der Waals surface area contributed by atoms with Crippen LogP contribution in [0, 0.1) is 13.8 Å². The summed E-state index contributed by atoms with van der Waals surface area (Å²) < 4.78 is 7.71. The van der Waals surface area contributed by atoms with Crippen LogP contribution in [0.3, 0.4) is 0 Å². The van der Waals surface area contributed by atoms with Crippen molar-refractivity contribution in [1.82, 2.24) is 9.55 Å². The van der Waals surface area contributed by atoms with Crippen LogP contribution in [0.5, 0.6) is 11.5 Å². The van der Waals surface area contributed by atoms with Crippen molar-refractivity contribution in [3.63, 3.8) is 0 Å². The van der Waals surface area contributed by atoms with Crippen LogP contribution in [0.2, 0.25) is 0 Å². The summed E-state index contributed by atoms with van der Waals surface area (Å²) in [6.45, 7) is 3.93. The van der Waals surface area contributed by atoms with Crippen LogP contribution in [-0.4, -0.2) is 20.6 Å². The molecule has 0 saturated heterocycles. The maximum Gasteiger partial charge on any atom is 0.323 e. The molecular weight excluding hydrogens is 352 g/mol. The number of carboxylic acids is 1. The summed E-state index contributed by atoms with van der Waals surface area (Å²) in [7, 11) is 0. The molecule has 3 aromatic carbocycles. The highest BCUT2D eigenvalue weighted by Gasteiger charge is 2.14. The molecule has 5 heteroatoms. The number of nitrogens with zero attached hydrogens (tertiary/aromatic N) is 2. The van der Waals surface area contributed by atoms with E-state index in [2.05, 4.69) is 18.0 Å². The molecule has 0 atom stereocenters. The van der Waals surface area contributed by atoms with Gasteiger partial charge in [0.25, 0.3) is 0 Å². The van der Waals surface area contributed by atoms with E-state index in [1.54, 1.807) is 4.57 Å². The summed E-state index contributed by atoms with van der Waals surface area (Å²) in [5.74, 6) is 1.26. The van der Waals surface area contributed by atoms with Crippen LogP contribution in [0.1, 0.15) is 11.1 Å². The van der Waals surface area contributed by atoms with Crippen molar-refractivity contribution in [3.8, 4) is 22.9 Å². The second-order valence-electron chi connectivity index (χ2n) is 6.80. The summed E-state index contributed by atoms with van der Waals surface area (Å²) in [4.78, 5) is 16.0. The van der Waals surface area contributed by atoms with Crippen LogP contribution in [0.25, 0.3) is 22.4 Å². The number of imidazole rings is 1. The fourth-order valence-electron chi connectivity index (χ4n) is 3.30. The molecule has 0 fully saturated rings. The molecule has 0 radical (unpaired) electrons. The largest absolute Gasteiger partial charge is 0.480 e. The first-order chi connectivity index (χ1) is 13.5. The van der Waals surface area contributed by atoms with Gasteiger partial charge in [-0.3, -0.25) is 4.79 Å². The zero-order chi connectivity index (χ0) is 19.7. The van der Waals surface area contributed by atoms with Crippen LogP contribution < -0.4 is 4.74 Å². The quantitative estimate of drug-likeness (QED) is 0.523. The molecule has 0 aliphatic heterocycles. The SMILES string of the molecule is Cc1ccc(Oc2ccc(-c3nc4ccccc4n3CC(=O)O)cc2)c(C)c1. The smallest absolute Gasteiger partial charge is 0.323 e. The van der Waals surface area contributed by atoms with Crippen molar-refractivity contribution < 1.29 is 14.6 Å². The predicted molar refractivity (Wildman–Crippen MR) is 109 cm³/mol. The van der Waals surface area contributed by atoms with Gasteiger partial charge in [-0.15, -0.1) is 0 Å². The molecular formula is C23H20N2O3. The van der Waals surface area contributed by atoms with Gasteiger partial charge < -0.3 is 14.4 Å². The number of carboxylic acid groups (broad SMARTS) is 1. The zero-order valence-electron chi connectivity index (χ0n) is 15.7. The number of hydrogen-bond donors (Lipinski definition) is 1. The molecule has 0 aliphatic rings. The van der Waals surface area contributed by atoms with E-state index < -0.39 is 5.97 Å². The highest BCUT2D eigenvalue weighted by molar-refractivity contribution is 5.82. The average Bonchev–Trinajstić information content (AvgIpc) is 3.03. The van der Waals surface area contributed by atoms with Crippen molar-refractivity contribution in [2.24, 2.45) is 0 Å². The van der Waals surface area contributed by atoms with Gasteiger partial charge in [0.05, 0.1) is 11.0 Å². The van der Waals surface area contributed by atoms with E-state index in [4.69, 9.17) is 4.74 Å². The number of carbonyl (C=O) groups is 1. The minimum atomic E-state index is -0.904. The molecule has 0 aliphatic carbocycles. The van der Waals surface area contributed by atoms with Gasteiger partial charge in [0.2, 0.25) is 0 Å². The third kappa shape index (κ3) is 3.47. The molecule has 0 amide bonds. The lowest BCUT2D eigenvalue weighted by atomic mass is 10.1. The lowest BCUT2D eigenvalue weighted by Gasteiger charge is -2.10. The van der Waals surface area contributed by atoms with E-state index in [1.165, 1.54) is 5.56 Å². The van der Waals surface area contributed by atoms with Gasteiger partial charge in [-0.2, -0.15) is 0 Å². The average molecular weight is 372 g/mol. The topological polar surface area (TPSA) is 64.4 Å². The van der Waals surface area contributed by atoms with E-state index in [0.717, 1.165) is 33.7 Å². The number of rotatable bonds is 5. The molecule has 0 unspecified atom stereocenters. The summed E-state index contributed by atoms with van der Waals surface area (Å²) in [6.07, 6.45) is 0. The van der Waals surface area contributed by atoms with Gasteiger partial charge in [0.15, 0.2) is 0 Å². The zero-order valence-corrected chi connectivity index (χ0v) is 15.7. The van der Waals surface area contributed by atoms with Gasteiger partial charge in [-0.25, -0.2) is 4.98 Å². The van der Waals surface area contributed by atoms with Crippen molar-refractivity contribution in [3.05, 3.63) is 77.9 Å². The predicted octanol–water partition coefficient (Wildman–Crippen LogP) is 5.20. The number of fused-ring (bicyclic) bond motifs is 1. The Morgan fingerprint density at radius 1 is 1.04 bits per heavy atom. The Labute approximate surface area is 162 Å². The Morgan fingerprint density at radius 3 is 2.50 bits per heavy atom.